The molecule has 5 heteroatoms. The van der Waals surface area contributed by atoms with Gasteiger partial charge in [0.15, 0.2) is 0 Å². The molecule has 0 heterocycles. The number of likely N-dealkylation sites (N-methyl/N-ethyl adjacent to an activating group) is 1. The highest BCUT2D eigenvalue weighted by atomic mass is 16.4. The number of carboxylic acid groups (broad SMARTS) is 1. The molecule has 0 saturated carbocycles. The number of carbonyl (C=O) groups is 2. The Labute approximate surface area is 83.4 Å². The van der Waals surface area contributed by atoms with E-state index in [4.69, 9.17) is 5.11 Å². The third-order valence-corrected chi connectivity index (χ3v) is 1.62. The van der Waals surface area contributed by atoms with Crippen LogP contribution in [0.25, 0.3) is 0 Å². The van der Waals surface area contributed by atoms with Crippen molar-refractivity contribution in [1.29, 1.82) is 0 Å². The molecule has 2 amide bonds. The second-order valence-electron chi connectivity index (χ2n) is 2.72. The molecule has 0 aromatic rings. The highest BCUT2D eigenvalue weighted by Gasteiger charge is 2.13. The Morgan fingerprint density at radius 1 is 1.57 bits per heavy atom. The van der Waals surface area contributed by atoms with Crippen molar-refractivity contribution in [3.63, 3.8) is 0 Å². The molecule has 0 aromatic heterocycles. The molecule has 0 aliphatic carbocycles. The van der Waals surface area contributed by atoms with E-state index in [1.165, 1.54) is 4.90 Å². The first-order valence-corrected chi connectivity index (χ1v) is 4.47. The van der Waals surface area contributed by atoms with Crippen LogP contribution in [0.1, 0.15) is 13.3 Å². The number of rotatable bonds is 6. The summed E-state index contributed by atoms with van der Waals surface area (Å²) in [5.41, 5.74) is 0. The van der Waals surface area contributed by atoms with Gasteiger partial charge in [-0.3, -0.25) is 4.79 Å². The molecule has 14 heavy (non-hydrogen) atoms. The highest BCUT2D eigenvalue weighted by molar-refractivity contribution is 5.79. The maximum absolute atomic E-state index is 11.3. The van der Waals surface area contributed by atoms with Crippen LogP contribution in [0, 0.1) is 0 Å². The van der Waals surface area contributed by atoms with E-state index in [1.54, 1.807) is 13.0 Å². The van der Waals surface area contributed by atoms with Gasteiger partial charge >= 0.3 is 12.0 Å². The van der Waals surface area contributed by atoms with Gasteiger partial charge in [-0.1, -0.05) is 6.08 Å². The molecule has 0 spiro atoms. The van der Waals surface area contributed by atoms with Crippen LogP contribution in [0.2, 0.25) is 0 Å². The standard InChI is InChI=1S/C9H16N2O3/c1-3-5-6-10-9(14)11(4-2)7-8(12)13/h3H,1,4-7H2,2H3,(H,10,14)(H,12,13). The predicted molar refractivity (Wildman–Crippen MR) is 53.1 cm³/mol. The molecule has 0 saturated heterocycles. The number of nitrogens with one attached hydrogen (secondary N) is 1. The summed E-state index contributed by atoms with van der Waals surface area (Å²) in [6, 6.07) is -0.350. The van der Waals surface area contributed by atoms with Gasteiger partial charge in [-0.15, -0.1) is 6.58 Å². The van der Waals surface area contributed by atoms with Crippen molar-refractivity contribution in [3.05, 3.63) is 12.7 Å². The number of hydrogen-bond acceptors (Lipinski definition) is 2. The first-order chi connectivity index (χ1) is 6.61. The van der Waals surface area contributed by atoms with E-state index >= 15 is 0 Å². The van der Waals surface area contributed by atoms with Crippen molar-refractivity contribution < 1.29 is 14.7 Å². The van der Waals surface area contributed by atoms with Crippen LogP contribution in [-0.2, 0) is 4.79 Å². The van der Waals surface area contributed by atoms with E-state index in [2.05, 4.69) is 11.9 Å². The third kappa shape index (κ3) is 5.18. The number of nitrogens with zero attached hydrogens (tertiary/aromatic N) is 1. The summed E-state index contributed by atoms with van der Waals surface area (Å²) in [5, 5.41) is 11.1. The Morgan fingerprint density at radius 2 is 2.21 bits per heavy atom. The molecule has 0 atom stereocenters. The number of aliphatic carboxylic acids is 1. The van der Waals surface area contributed by atoms with Crippen LogP contribution in [0.5, 0.6) is 0 Å². The molecule has 0 aliphatic rings. The fourth-order valence-corrected chi connectivity index (χ4v) is 0.883. The first kappa shape index (κ1) is 12.5. The minimum atomic E-state index is -1.01. The molecule has 5 nitrogen and oxygen atoms in total. The quantitative estimate of drug-likeness (QED) is 0.489. The number of carboxylic acids is 1. The second kappa shape index (κ2) is 6.94. The molecular weight excluding hydrogens is 184 g/mol. The normalized spacial score (nSPS) is 9.21. The topological polar surface area (TPSA) is 69.6 Å². The van der Waals surface area contributed by atoms with Crippen molar-refractivity contribution in [1.82, 2.24) is 10.2 Å². The molecule has 0 fully saturated rings. The molecule has 0 radical (unpaired) electrons. The average molecular weight is 200 g/mol. The summed E-state index contributed by atoms with van der Waals surface area (Å²) in [6.45, 7) is 5.84. The van der Waals surface area contributed by atoms with Crippen LogP contribution in [0.15, 0.2) is 12.7 Å². The lowest BCUT2D eigenvalue weighted by atomic mass is 10.4. The number of carbonyl (C=O) groups excluding carboxylic acids is 1. The lowest BCUT2D eigenvalue weighted by Gasteiger charge is -2.18. The number of amides is 2. The van der Waals surface area contributed by atoms with Gasteiger partial charge in [0, 0.05) is 13.1 Å². The van der Waals surface area contributed by atoms with E-state index in [-0.39, 0.29) is 12.6 Å². The Bertz CT molecular complexity index is 216. The zero-order chi connectivity index (χ0) is 11.0. The van der Waals surface area contributed by atoms with Crippen LogP contribution in [0.4, 0.5) is 4.79 Å². The van der Waals surface area contributed by atoms with E-state index < -0.39 is 5.97 Å². The van der Waals surface area contributed by atoms with Gasteiger partial charge in [-0.2, -0.15) is 0 Å². The minimum absolute atomic E-state index is 0.267. The van der Waals surface area contributed by atoms with Gasteiger partial charge in [0.05, 0.1) is 0 Å². The molecule has 0 rings (SSSR count). The largest absolute Gasteiger partial charge is 0.480 e. The van der Waals surface area contributed by atoms with Crippen LogP contribution >= 0.6 is 0 Å². The molecule has 2 N–H and O–H groups in total. The monoisotopic (exact) mass is 200 g/mol. The van der Waals surface area contributed by atoms with Crippen LogP contribution in [0.3, 0.4) is 0 Å². The van der Waals surface area contributed by atoms with E-state index in [1.807, 2.05) is 0 Å². The molecule has 0 aliphatic heterocycles. The summed E-state index contributed by atoms with van der Waals surface area (Å²) < 4.78 is 0. The van der Waals surface area contributed by atoms with Crippen LogP contribution in [-0.4, -0.2) is 41.6 Å². The second-order valence-corrected chi connectivity index (χ2v) is 2.72. The van der Waals surface area contributed by atoms with Gasteiger partial charge in [-0.25, -0.2) is 4.79 Å². The molecular formula is C9H16N2O3. The zero-order valence-corrected chi connectivity index (χ0v) is 8.32. The maximum atomic E-state index is 11.3. The lowest BCUT2D eigenvalue weighted by Crippen LogP contribution is -2.42. The summed E-state index contributed by atoms with van der Waals surface area (Å²) in [5.74, 6) is -1.01. The summed E-state index contributed by atoms with van der Waals surface area (Å²) in [4.78, 5) is 22.9. The predicted octanol–water partition coefficient (Wildman–Crippen LogP) is 0.679. The molecule has 0 aromatic carbocycles. The Hall–Kier alpha value is -1.52. The van der Waals surface area contributed by atoms with Crippen molar-refractivity contribution in [2.75, 3.05) is 19.6 Å². The minimum Gasteiger partial charge on any atom is -0.480 e. The molecule has 80 valence electrons. The Morgan fingerprint density at radius 3 is 2.64 bits per heavy atom. The lowest BCUT2D eigenvalue weighted by molar-refractivity contribution is -0.137. The fraction of sp³-hybridized carbons (Fsp3) is 0.556. The Balaban J connectivity index is 3.91. The highest BCUT2D eigenvalue weighted by Crippen LogP contribution is 1.89. The van der Waals surface area contributed by atoms with Crippen molar-refractivity contribution >= 4 is 12.0 Å². The van der Waals surface area contributed by atoms with Crippen LogP contribution < -0.4 is 5.32 Å². The number of urea groups is 1. The fourth-order valence-electron chi connectivity index (χ4n) is 0.883. The van der Waals surface area contributed by atoms with Gasteiger partial charge in [0.25, 0.3) is 0 Å². The summed E-state index contributed by atoms with van der Waals surface area (Å²) >= 11 is 0. The first-order valence-electron chi connectivity index (χ1n) is 4.47. The van der Waals surface area contributed by atoms with Gasteiger partial charge < -0.3 is 15.3 Å². The smallest absolute Gasteiger partial charge is 0.323 e. The summed E-state index contributed by atoms with van der Waals surface area (Å²) in [7, 11) is 0. The summed E-state index contributed by atoms with van der Waals surface area (Å²) in [6.07, 6.45) is 2.37. The maximum Gasteiger partial charge on any atom is 0.323 e. The molecule has 0 unspecified atom stereocenters. The van der Waals surface area contributed by atoms with Crippen molar-refractivity contribution in [3.8, 4) is 0 Å². The van der Waals surface area contributed by atoms with Gasteiger partial charge in [-0.05, 0) is 13.3 Å². The number of hydrogen-bond donors (Lipinski definition) is 2. The van der Waals surface area contributed by atoms with E-state index in [0.717, 1.165) is 0 Å². The van der Waals surface area contributed by atoms with Gasteiger partial charge in [0.1, 0.15) is 6.54 Å². The van der Waals surface area contributed by atoms with Crippen molar-refractivity contribution in [2.45, 2.75) is 13.3 Å². The SMILES string of the molecule is C=CCCNC(=O)N(CC)CC(=O)O. The van der Waals surface area contributed by atoms with Gasteiger partial charge in [0.2, 0.25) is 0 Å². The zero-order valence-electron chi connectivity index (χ0n) is 8.32. The third-order valence-electron chi connectivity index (χ3n) is 1.62. The van der Waals surface area contributed by atoms with E-state index in [9.17, 15) is 9.59 Å². The Kier molecular flexibility index (Phi) is 6.19. The average Bonchev–Trinajstić information content (AvgIpc) is 2.14. The van der Waals surface area contributed by atoms with Crippen molar-refractivity contribution in [2.24, 2.45) is 0 Å². The van der Waals surface area contributed by atoms with E-state index in [0.29, 0.717) is 19.5 Å². The molecule has 0 bridgehead atoms.